The number of hydrogen-bond donors (Lipinski definition) is 2. The van der Waals surface area contributed by atoms with Crippen LogP contribution in [0.4, 0.5) is 8.78 Å². The van der Waals surface area contributed by atoms with Crippen molar-refractivity contribution in [2.75, 3.05) is 0 Å². The molecule has 0 bridgehead atoms. The standard InChI is InChI=1S/C12H10ClF2N3/c13-8-2-1-3-9(14)11(8)12(18-16)7-4-5-17-6-10(7)15/h1-6,12,18H,16H2. The zero-order chi connectivity index (χ0) is 13.1. The minimum Gasteiger partial charge on any atom is -0.271 e. The minimum absolute atomic E-state index is 0.103. The topological polar surface area (TPSA) is 50.9 Å². The van der Waals surface area contributed by atoms with Crippen molar-refractivity contribution in [3.05, 3.63) is 64.4 Å². The Kier molecular flexibility index (Phi) is 3.86. The molecule has 3 N–H and O–H groups in total. The Morgan fingerprint density at radius 2 is 2.00 bits per heavy atom. The van der Waals surface area contributed by atoms with Gasteiger partial charge in [-0.15, -0.1) is 0 Å². The summed E-state index contributed by atoms with van der Waals surface area (Å²) in [4.78, 5) is 3.63. The number of benzene rings is 1. The molecule has 0 fully saturated rings. The molecular formula is C12H10ClF2N3. The van der Waals surface area contributed by atoms with Gasteiger partial charge in [-0.1, -0.05) is 17.7 Å². The van der Waals surface area contributed by atoms with E-state index in [-0.39, 0.29) is 16.1 Å². The third-order valence-electron chi connectivity index (χ3n) is 2.57. The van der Waals surface area contributed by atoms with E-state index in [1.54, 1.807) is 0 Å². The SMILES string of the molecule is NNC(c1ccncc1F)c1c(F)cccc1Cl. The first-order valence-corrected chi connectivity index (χ1v) is 5.52. The summed E-state index contributed by atoms with van der Waals surface area (Å²) >= 11 is 5.93. The Morgan fingerprint density at radius 1 is 1.22 bits per heavy atom. The molecule has 0 aliphatic heterocycles. The molecule has 2 rings (SSSR count). The Morgan fingerprint density at radius 3 is 2.61 bits per heavy atom. The first-order valence-electron chi connectivity index (χ1n) is 5.14. The van der Waals surface area contributed by atoms with Crippen LogP contribution in [0, 0.1) is 11.6 Å². The summed E-state index contributed by atoms with van der Waals surface area (Å²) in [6.07, 6.45) is 2.44. The second-order valence-electron chi connectivity index (χ2n) is 3.63. The fraction of sp³-hybridized carbons (Fsp3) is 0.0833. The molecule has 2 aromatic rings. The molecule has 1 aromatic heterocycles. The number of hydrazine groups is 1. The average molecular weight is 270 g/mol. The molecule has 0 saturated carbocycles. The number of nitrogens with one attached hydrogen (secondary N) is 1. The van der Waals surface area contributed by atoms with Crippen LogP contribution in [-0.4, -0.2) is 4.98 Å². The highest BCUT2D eigenvalue weighted by Crippen LogP contribution is 2.30. The zero-order valence-electron chi connectivity index (χ0n) is 9.20. The van der Waals surface area contributed by atoms with Crippen molar-refractivity contribution in [2.45, 2.75) is 6.04 Å². The summed E-state index contributed by atoms with van der Waals surface area (Å²) in [7, 11) is 0. The molecule has 1 aromatic carbocycles. The Bertz CT molecular complexity index is 543. The van der Waals surface area contributed by atoms with Crippen LogP contribution in [0.2, 0.25) is 5.02 Å². The van der Waals surface area contributed by atoms with Gasteiger partial charge >= 0.3 is 0 Å². The molecule has 3 nitrogen and oxygen atoms in total. The molecule has 94 valence electrons. The maximum absolute atomic E-state index is 13.8. The van der Waals surface area contributed by atoms with Gasteiger partial charge in [0.1, 0.15) is 11.6 Å². The molecule has 18 heavy (non-hydrogen) atoms. The van der Waals surface area contributed by atoms with Gasteiger partial charge in [0.15, 0.2) is 0 Å². The van der Waals surface area contributed by atoms with Crippen molar-refractivity contribution >= 4 is 11.6 Å². The largest absolute Gasteiger partial charge is 0.271 e. The number of nitrogens with zero attached hydrogens (tertiary/aromatic N) is 1. The van der Waals surface area contributed by atoms with Gasteiger partial charge in [-0.25, -0.2) is 14.2 Å². The molecule has 0 aliphatic rings. The normalized spacial score (nSPS) is 12.4. The zero-order valence-corrected chi connectivity index (χ0v) is 9.96. The fourth-order valence-corrected chi connectivity index (χ4v) is 2.01. The Labute approximate surface area is 108 Å². The molecule has 1 atom stereocenters. The lowest BCUT2D eigenvalue weighted by Gasteiger charge is -2.19. The van der Waals surface area contributed by atoms with Crippen molar-refractivity contribution in [3.63, 3.8) is 0 Å². The van der Waals surface area contributed by atoms with Crippen LogP contribution < -0.4 is 11.3 Å². The van der Waals surface area contributed by atoms with Crippen molar-refractivity contribution in [2.24, 2.45) is 5.84 Å². The van der Waals surface area contributed by atoms with Gasteiger partial charge in [0, 0.05) is 22.3 Å². The molecule has 6 heteroatoms. The Hall–Kier alpha value is -1.56. The van der Waals surface area contributed by atoms with E-state index < -0.39 is 17.7 Å². The highest BCUT2D eigenvalue weighted by Gasteiger charge is 2.22. The molecule has 0 radical (unpaired) electrons. The van der Waals surface area contributed by atoms with Gasteiger partial charge in [-0.3, -0.25) is 10.8 Å². The van der Waals surface area contributed by atoms with Gasteiger partial charge in [0.2, 0.25) is 0 Å². The summed E-state index contributed by atoms with van der Waals surface area (Å²) in [5.41, 5.74) is 2.65. The van der Waals surface area contributed by atoms with E-state index in [1.165, 1.54) is 30.5 Å². The molecule has 0 aliphatic carbocycles. The predicted molar refractivity (Wildman–Crippen MR) is 64.8 cm³/mol. The van der Waals surface area contributed by atoms with Crippen LogP contribution in [0.5, 0.6) is 0 Å². The first kappa shape index (κ1) is 12.9. The average Bonchev–Trinajstić information content (AvgIpc) is 2.35. The van der Waals surface area contributed by atoms with Crippen molar-refractivity contribution in [1.82, 2.24) is 10.4 Å². The molecule has 1 unspecified atom stereocenters. The smallest absolute Gasteiger partial charge is 0.146 e. The molecule has 0 spiro atoms. The van der Waals surface area contributed by atoms with E-state index >= 15 is 0 Å². The van der Waals surface area contributed by atoms with Gasteiger partial charge in [-0.2, -0.15) is 0 Å². The third-order valence-corrected chi connectivity index (χ3v) is 2.90. The number of nitrogens with two attached hydrogens (primary N) is 1. The van der Waals surface area contributed by atoms with E-state index in [4.69, 9.17) is 17.4 Å². The van der Waals surface area contributed by atoms with Crippen LogP contribution in [0.3, 0.4) is 0 Å². The summed E-state index contributed by atoms with van der Waals surface area (Å²) in [6, 6.07) is 4.77. The number of aromatic nitrogens is 1. The second kappa shape index (κ2) is 5.39. The molecular weight excluding hydrogens is 260 g/mol. The maximum Gasteiger partial charge on any atom is 0.146 e. The number of rotatable bonds is 3. The molecule has 0 amide bonds. The summed E-state index contributed by atoms with van der Waals surface area (Å²) in [6.45, 7) is 0. The van der Waals surface area contributed by atoms with Crippen molar-refractivity contribution in [1.29, 1.82) is 0 Å². The fourth-order valence-electron chi connectivity index (χ4n) is 1.74. The number of hydrogen-bond acceptors (Lipinski definition) is 3. The van der Waals surface area contributed by atoms with Crippen LogP contribution in [0.1, 0.15) is 17.2 Å². The van der Waals surface area contributed by atoms with E-state index in [0.717, 1.165) is 6.20 Å². The highest BCUT2D eigenvalue weighted by molar-refractivity contribution is 6.31. The van der Waals surface area contributed by atoms with Crippen molar-refractivity contribution in [3.8, 4) is 0 Å². The second-order valence-corrected chi connectivity index (χ2v) is 4.04. The van der Waals surface area contributed by atoms with Crippen LogP contribution in [0.25, 0.3) is 0 Å². The van der Waals surface area contributed by atoms with Gasteiger partial charge < -0.3 is 0 Å². The monoisotopic (exact) mass is 269 g/mol. The lowest BCUT2D eigenvalue weighted by molar-refractivity contribution is 0.529. The summed E-state index contributed by atoms with van der Waals surface area (Å²) in [5.74, 6) is 4.24. The van der Waals surface area contributed by atoms with Crippen LogP contribution in [0.15, 0.2) is 36.7 Å². The number of pyridine rings is 1. The van der Waals surface area contributed by atoms with E-state index in [9.17, 15) is 8.78 Å². The highest BCUT2D eigenvalue weighted by atomic mass is 35.5. The van der Waals surface area contributed by atoms with Gasteiger partial charge in [0.25, 0.3) is 0 Å². The quantitative estimate of drug-likeness (QED) is 0.665. The maximum atomic E-state index is 13.8. The van der Waals surface area contributed by atoms with Crippen LogP contribution >= 0.6 is 11.6 Å². The van der Waals surface area contributed by atoms with E-state index in [1.807, 2.05) is 0 Å². The number of halogens is 3. The van der Waals surface area contributed by atoms with Crippen LogP contribution in [-0.2, 0) is 0 Å². The first-order chi connectivity index (χ1) is 8.65. The summed E-state index contributed by atoms with van der Waals surface area (Å²) < 4.78 is 27.4. The third kappa shape index (κ3) is 2.33. The lowest BCUT2D eigenvalue weighted by atomic mass is 9.99. The predicted octanol–water partition coefficient (Wildman–Crippen LogP) is 2.57. The van der Waals surface area contributed by atoms with E-state index in [0.29, 0.717) is 0 Å². The van der Waals surface area contributed by atoms with Crippen molar-refractivity contribution < 1.29 is 8.78 Å². The van der Waals surface area contributed by atoms with Gasteiger partial charge in [-0.05, 0) is 18.2 Å². The lowest BCUT2D eigenvalue weighted by Crippen LogP contribution is -2.30. The molecule has 1 heterocycles. The minimum atomic E-state index is -0.873. The molecule has 0 saturated heterocycles. The van der Waals surface area contributed by atoms with Gasteiger partial charge in [0.05, 0.1) is 12.2 Å². The van der Waals surface area contributed by atoms with E-state index in [2.05, 4.69) is 10.4 Å². The summed E-state index contributed by atoms with van der Waals surface area (Å²) in [5, 5.41) is 0.175. The Balaban J connectivity index is 2.56.